The summed E-state index contributed by atoms with van der Waals surface area (Å²) >= 11 is 11.7. The van der Waals surface area contributed by atoms with E-state index in [1.807, 2.05) is 0 Å². The minimum absolute atomic E-state index is 0.0828. The summed E-state index contributed by atoms with van der Waals surface area (Å²) < 4.78 is 0. The zero-order chi connectivity index (χ0) is 16.2. The maximum atomic E-state index is 11.3. The van der Waals surface area contributed by atoms with Crippen LogP contribution in [0, 0.1) is 0 Å². The number of aldehydes is 1. The highest BCUT2D eigenvalue weighted by Gasteiger charge is 2.37. The van der Waals surface area contributed by atoms with E-state index >= 15 is 0 Å². The van der Waals surface area contributed by atoms with Gasteiger partial charge in [0.05, 0.1) is 15.6 Å². The van der Waals surface area contributed by atoms with Gasteiger partial charge in [-0.2, -0.15) is 0 Å². The lowest BCUT2D eigenvalue weighted by Gasteiger charge is -2.33. The number of halogens is 2. The van der Waals surface area contributed by atoms with E-state index in [9.17, 15) is 20.1 Å². The fourth-order valence-electron chi connectivity index (χ4n) is 2.05. The van der Waals surface area contributed by atoms with Crippen molar-refractivity contribution in [3.05, 3.63) is 46.5 Å². The third-order valence-corrected chi connectivity index (χ3v) is 4.11. The molecule has 0 saturated heterocycles. The summed E-state index contributed by atoms with van der Waals surface area (Å²) in [5, 5.41) is 30.4. The summed E-state index contributed by atoms with van der Waals surface area (Å²) in [7, 11) is 0. The van der Waals surface area contributed by atoms with Crippen molar-refractivity contribution < 1.29 is 20.1 Å². The molecule has 1 unspecified atom stereocenters. The van der Waals surface area contributed by atoms with Gasteiger partial charge in [0, 0.05) is 5.92 Å². The summed E-state index contributed by atoms with van der Waals surface area (Å²) in [6.07, 6.45) is -1.06. The van der Waals surface area contributed by atoms with Crippen molar-refractivity contribution in [2.24, 2.45) is 0 Å². The van der Waals surface area contributed by atoms with Gasteiger partial charge in [0.1, 0.15) is 18.5 Å². The molecule has 3 N–H and O–H groups in total. The first-order chi connectivity index (χ1) is 9.72. The molecule has 0 aliphatic heterocycles. The Bertz CT molecular complexity index is 516. The van der Waals surface area contributed by atoms with Crippen molar-refractivity contribution in [2.75, 3.05) is 0 Å². The first kappa shape index (κ1) is 18.1. The van der Waals surface area contributed by atoms with Crippen molar-refractivity contribution >= 4 is 29.5 Å². The molecule has 0 fully saturated rings. The Balaban J connectivity index is 2.98. The van der Waals surface area contributed by atoms with E-state index in [-0.39, 0.29) is 6.42 Å². The Hall–Kier alpha value is -0.910. The minimum Gasteiger partial charge on any atom is -0.387 e. The highest BCUT2D eigenvalue weighted by Crippen LogP contribution is 2.31. The smallest absolute Gasteiger partial charge is 0.127 e. The molecule has 0 heterocycles. The number of carbonyl (C=O) groups excluding carboxylic acids is 1. The van der Waals surface area contributed by atoms with Crippen LogP contribution in [0.2, 0.25) is 10.0 Å². The molecule has 0 aliphatic carbocycles. The number of hydrogen-bond donors (Lipinski definition) is 3. The Morgan fingerprint density at radius 2 is 1.95 bits per heavy atom. The number of benzene rings is 1. The van der Waals surface area contributed by atoms with Crippen molar-refractivity contribution in [2.45, 2.75) is 37.1 Å². The number of rotatable bonds is 7. The number of aliphatic hydroxyl groups is 3. The third-order valence-electron chi connectivity index (χ3n) is 3.37. The van der Waals surface area contributed by atoms with Crippen molar-refractivity contribution in [3.63, 3.8) is 0 Å². The average Bonchev–Trinajstić information content (AvgIpc) is 2.46. The Morgan fingerprint density at radius 3 is 2.43 bits per heavy atom. The van der Waals surface area contributed by atoms with Crippen molar-refractivity contribution in [1.29, 1.82) is 0 Å². The van der Waals surface area contributed by atoms with E-state index in [0.29, 0.717) is 21.9 Å². The monoisotopic (exact) mass is 332 g/mol. The van der Waals surface area contributed by atoms with Crippen LogP contribution in [0.4, 0.5) is 0 Å². The van der Waals surface area contributed by atoms with Gasteiger partial charge in [-0.3, -0.25) is 0 Å². The summed E-state index contributed by atoms with van der Waals surface area (Å²) in [5.74, 6) is -0.693. The highest BCUT2D eigenvalue weighted by atomic mass is 35.5. The van der Waals surface area contributed by atoms with Gasteiger partial charge in [-0.25, -0.2) is 0 Å². The fraction of sp³-hybridized carbons (Fsp3) is 0.400. The lowest BCUT2D eigenvalue weighted by molar-refractivity contribution is -0.121. The van der Waals surface area contributed by atoms with Crippen LogP contribution in [0.25, 0.3) is 0 Å². The molecule has 0 amide bonds. The van der Waals surface area contributed by atoms with Gasteiger partial charge in [0.25, 0.3) is 0 Å². The van der Waals surface area contributed by atoms with Crippen LogP contribution in [0.1, 0.15) is 24.8 Å². The Morgan fingerprint density at radius 1 is 1.33 bits per heavy atom. The number of aliphatic hydroxyl groups excluding tert-OH is 2. The quantitative estimate of drug-likeness (QED) is 0.529. The molecule has 4 nitrogen and oxygen atoms in total. The molecule has 0 aliphatic rings. The van der Waals surface area contributed by atoms with Crippen LogP contribution < -0.4 is 0 Å². The van der Waals surface area contributed by atoms with Gasteiger partial charge in [0.15, 0.2) is 0 Å². The fourth-order valence-corrected chi connectivity index (χ4v) is 2.36. The normalized spacial score (nSPS) is 18.4. The lowest BCUT2D eigenvalue weighted by Crippen LogP contribution is -2.47. The Labute approximate surface area is 133 Å². The molecule has 1 aromatic rings. The summed E-state index contributed by atoms with van der Waals surface area (Å²) in [6.45, 7) is 4.70. The number of carbonyl (C=O) groups is 1. The maximum Gasteiger partial charge on any atom is 0.127 e. The average molecular weight is 333 g/mol. The second kappa shape index (κ2) is 7.38. The summed E-state index contributed by atoms with van der Waals surface area (Å²) in [4.78, 5) is 11.3. The first-order valence-corrected chi connectivity index (χ1v) is 7.10. The minimum atomic E-state index is -1.68. The van der Waals surface area contributed by atoms with Crippen LogP contribution in [0.5, 0.6) is 0 Å². The molecule has 0 spiro atoms. The SMILES string of the molecule is C=C[C@H](O)[C@H](O)C(C)(O)C[C@H](C=O)c1ccc(Cl)c(Cl)c1. The van der Waals surface area contributed by atoms with E-state index < -0.39 is 23.7 Å². The molecule has 21 heavy (non-hydrogen) atoms. The van der Waals surface area contributed by atoms with E-state index in [1.54, 1.807) is 12.1 Å². The van der Waals surface area contributed by atoms with Crippen molar-refractivity contribution in [1.82, 2.24) is 0 Å². The topological polar surface area (TPSA) is 77.8 Å². The maximum absolute atomic E-state index is 11.3. The molecule has 4 atom stereocenters. The van der Waals surface area contributed by atoms with Gasteiger partial charge in [0.2, 0.25) is 0 Å². The second-order valence-corrected chi connectivity index (χ2v) is 5.96. The van der Waals surface area contributed by atoms with Crippen LogP contribution in [-0.4, -0.2) is 39.4 Å². The predicted octanol–water partition coefficient (Wildman–Crippen LogP) is 2.32. The summed E-state index contributed by atoms with van der Waals surface area (Å²) in [5.41, 5.74) is -1.11. The molecule has 116 valence electrons. The largest absolute Gasteiger partial charge is 0.387 e. The molecule has 0 bridgehead atoms. The van der Waals surface area contributed by atoms with Crippen LogP contribution in [0.15, 0.2) is 30.9 Å². The molecule has 0 radical (unpaired) electrons. The zero-order valence-corrected chi connectivity index (χ0v) is 13.1. The van der Waals surface area contributed by atoms with Gasteiger partial charge in [-0.15, -0.1) is 6.58 Å². The highest BCUT2D eigenvalue weighted by molar-refractivity contribution is 6.42. The standard InChI is InChI=1S/C15H18Cl2O4/c1-3-13(19)14(20)15(2,21)7-10(8-18)9-4-5-11(16)12(17)6-9/h3-6,8,10,13-14,19-21H,1,7H2,2H3/t10-,13+,14+,15?/m1/s1. The van der Waals surface area contributed by atoms with Crippen molar-refractivity contribution in [3.8, 4) is 0 Å². The molecule has 1 rings (SSSR count). The predicted molar refractivity (Wildman–Crippen MR) is 82.7 cm³/mol. The van der Waals surface area contributed by atoms with E-state index in [0.717, 1.165) is 6.08 Å². The molecule has 6 heteroatoms. The van der Waals surface area contributed by atoms with Crippen LogP contribution in [-0.2, 0) is 4.79 Å². The van der Waals surface area contributed by atoms with E-state index in [2.05, 4.69) is 6.58 Å². The molecular formula is C15H18Cl2O4. The first-order valence-electron chi connectivity index (χ1n) is 6.34. The number of hydrogen-bond acceptors (Lipinski definition) is 4. The van der Waals surface area contributed by atoms with Crippen LogP contribution in [0.3, 0.4) is 0 Å². The Kier molecular flexibility index (Phi) is 6.38. The third kappa shape index (κ3) is 4.53. The van der Waals surface area contributed by atoms with E-state index in [1.165, 1.54) is 13.0 Å². The molecular weight excluding hydrogens is 315 g/mol. The van der Waals surface area contributed by atoms with Gasteiger partial charge in [-0.1, -0.05) is 35.3 Å². The van der Waals surface area contributed by atoms with Gasteiger partial charge in [-0.05, 0) is 31.0 Å². The molecule has 1 aromatic carbocycles. The molecule has 0 aromatic heterocycles. The molecule has 0 saturated carbocycles. The van der Waals surface area contributed by atoms with Crippen LogP contribution >= 0.6 is 23.2 Å². The zero-order valence-electron chi connectivity index (χ0n) is 11.5. The van der Waals surface area contributed by atoms with Gasteiger partial charge >= 0.3 is 0 Å². The lowest BCUT2D eigenvalue weighted by atomic mass is 9.83. The van der Waals surface area contributed by atoms with Gasteiger partial charge < -0.3 is 20.1 Å². The summed E-state index contributed by atoms with van der Waals surface area (Å²) in [6, 6.07) is 4.72. The second-order valence-electron chi connectivity index (χ2n) is 5.15. The van der Waals surface area contributed by atoms with E-state index in [4.69, 9.17) is 23.2 Å².